The number of halogens is 4. The molecule has 1 unspecified atom stereocenters. The van der Waals surface area contributed by atoms with Crippen LogP contribution in [0.3, 0.4) is 0 Å². The average Bonchev–Trinajstić information content (AvgIpc) is 3.45. The summed E-state index contributed by atoms with van der Waals surface area (Å²) in [5, 5.41) is 6.63. The first-order chi connectivity index (χ1) is 19.6. The predicted molar refractivity (Wildman–Crippen MR) is 144 cm³/mol. The molecule has 1 aromatic carbocycles. The van der Waals surface area contributed by atoms with E-state index in [1.165, 1.54) is 6.20 Å². The second-order valence-corrected chi connectivity index (χ2v) is 10.6. The minimum atomic E-state index is -2.99. The quantitative estimate of drug-likeness (QED) is 0.304. The molecule has 41 heavy (non-hydrogen) atoms. The first-order valence-electron chi connectivity index (χ1n) is 12.8. The van der Waals surface area contributed by atoms with Crippen molar-refractivity contribution >= 4 is 34.9 Å². The van der Waals surface area contributed by atoms with Gasteiger partial charge in [0.2, 0.25) is 5.91 Å². The zero-order chi connectivity index (χ0) is 29.0. The highest BCUT2D eigenvalue weighted by Crippen LogP contribution is 2.47. The number of nitrogens with one attached hydrogen (secondary N) is 1. The van der Waals surface area contributed by atoms with Crippen molar-refractivity contribution in [3.8, 4) is 11.3 Å². The number of hydrogen-bond acceptors (Lipinski definition) is 6. The van der Waals surface area contributed by atoms with Gasteiger partial charge in [0.1, 0.15) is 11.5 Å². The number of carbonyl (C=O) groups is 2. The first-order valence-corrected chi connectivity index (χ1v) is 13.2. The lowest BCUT2D eigenvalue weighted by Gasteiger charge is -2.21. The van der Waals surface area contributed by atoms with Crippen molar-refractivity contribution in [3.05, 3.63) is 82.4 Å². The average molecular weight is 582 g/mol. The molecule has 4 aromatic rings. The van der Waals surface area contributed by atoms with E-state index in [1.54, 1.807) is 22.0 Å². The smallest absolute Gasteiger partial charge is 0.275 e. The van der Waals surface area contributed by atoms with Crippen LogP contribution in [0.2, 0.25) is 5.02 Å². The summed E-state index contributed by atoms with van der Waals surface area (Å²) in [4.78, 5) is 39.7. The minimum absolute atomic E-state index is 0.140. The van der Waals surface area contributed by atoms with Crippen molar-refractivity contribution in [2.75, 3.05) is 16.8 Å². The van der Waals surface area contributed by atoms with Crippen LogP contribution in [0.5, 0.6) is 0 Å². The molecule has 1 aliphatic carbocycles. The molecule has 2 amide bonds. The molecular weight excluding hydrogens is 559 g/mol. The van der Waals surface area contributed by atoms with Gasteiger partial charge < -0.3 is 5.32 Å². The summed E-state index contributed by atoms with van der Waals surface area (Å²) in [7, 11) is 0. The molecule has 0 bridgehead atoms. The molecule has 1 aliphatic heterocycles. The highest BCUT2D eigenvalue weighted by Gasteiger charge is 2.53. The lowest BCUT2D eigenvalue weighted by molar-refractivity contribution is -0.118. The summed E-state index contributed by atoms with van der Waals surface area (Å²) in [6, 6.07) is 3.76. The molecule has 3 atom stereocenters. The maximum Gasteiger partial charge on any atom is 0.275 e. The Morgan fingerprint density at radius 3 is 2.71 bits per heavy atom. The van der Waals surface area contributed by atoms with E-state index in [9.17, 15) is 22.8 Å². The molecule has 1 saturated carbocycles. The van der Waals surface area contributed by atoms with Crippen LogP contribution in [-0.2, 0) is 4.79 Å². The topological polar surface area (TPSA) is 106 Å². The molecule has 2 aliphatic rings. The van der Waals surface area contributed by atoms with Crippen molar-refractivity contribution in [2.24, 2.45) is 11.8 Å². The van der Waals surface area contributed by atoms with Gasteiger partial charge in [-0.05, 0) is 49.4 Å². The summed E-state index contributed by atoms with van der Waals surface area (Å²) >= 11 is 5.80. The van der Waals surface area contributed by atoms with Gasteiger partial charge >= 0.3 is 0 Å². The molecule has 6 rings (SSSR count). The Morgan fingerprint density at radius 2 is 2.00 bits per heavy atom. The Hall–Kier alpha value is -4.32. The summed E-state index contributed by atoms with van der Waals surface area (Å²) in [5.74, 6) is -0.360. The Bertz CT molecular complexity index is 1700. The lowest BCUT2D eigenvalue weighted by Crippen LogP contribution is -2.29. The van der Waals surface area contributed by atoms with Gasteiger partial charge in [0, 0.05) is 36.0 Å². The highest BCUT2D eigenvalue weighted by atomic mass is 35.5. The Morgan fingerprint density at radius 1 is 1.20 bits per heavy atom. The van der Waals surface area contributed by atoms with E-state index >= 15 is 0 Å². The van der Waals surface area contributed by atoms with Crippen LogP contribution in [0, 0.1) is 24.6 Å². The SMILES string of the molecule is Cc1cc(C(C)n2cc(NC(=O)c3cncc(-c4c(C(F)F)ccc(Cl)c4F)n3)cn2)cnc1N1C[C@H]2C[C@H]2C1=O. The van der Waals surface area contributed by atoms with Crippen molar-refractivity contribution in [3.63, 3.8) is 0 Å². The van der Waals surface area contributed by atoms with Crippen molar-refractivity contribution < 1.29 is 22.8 Å². The molecule has 0 spiro atoms. The molecule has 9 nitrogen and oxygen atoms in total. The van der Waals surface area contributed by atoms with Gasteiger partial charge in [-0.25, -0.2) is 23.1 Å². The van der Waals surface area contributed by atoms with Gasteiger partial charge in [0.25, 0.3) is 12.3 Å². The number of carbonyl (C=O) groups excluding carboxylic acids is 2. The Labute approximate surface area is 237 Å². The number of aromatic nitrogens is 5. The van der Waals surface area contributed by atoms with Crippen molar-refractivity contribution in [2.45, 2.75) is 32.7 Å². The number of pyridine rings is 1. The van der Waals surface area contributed by atoms with Crippen LogP contribution in [0.4, 0.5) is 24.7 Å². The number of rotatable bonds is 7. The van der Waals surface area contributed by atoms with E-state index in [0.717, 1.165) is 42.1 Å². The zero-order valence-electron chi connectivity index (χ0n) is 21.9. The predicted octanol–water partition coefficient (Wildman–Crippen LogP) is 5.62. The first kappa shape index (κ1) is 26.9. The van der Waals surface area contributed by atoms with Crippen LogP contribution >= 0.6 is 11.6 Å². The summed E-state index contributed by atoms with van der Waals surface area (Å²) in [6.45, 7) is 4.54. The number of fused-ring (bicyclic) bond motifs is 1. The molecule has 1 saturated heterocycles. The molecule has 0 radical (unpaired) electrons. The van der Waals surface area contributed by atoms with E-state index < -0.39 is 29.3 Å². The van der Waals surface area contributed by atoms with Crippen LogP contribution < -0.4 is 10.2 Å². The summed E-state index contributed by atoms with van der Waals surface area (Å²) in [5.41, 5.74) is 0.492. The molecule has 210 valence electrons. The number of hydrogen-bond donors (Lipinski definition) is 1. The standard InChI is InChI=1S/C28H23ClF3N7O2/c1-13-5-15(7-34-26(13)38-11-16-6-19(16)28(38)41)14(2)39-12-17(8-35-39)36-27(40)22-10-33-9-21(37-22)23-18(25(31)32)3-4-20(29)24(23)30/h3-5,7-10,12,14,16,19,25H,6,11H2,1-2H3,(H,36,40)/t14?,16-,19-/m1/s1. The molecular formula is C28H23ClF3N7O2. The third-order valence-corrected chi connectivity index (χ3v) is 7.77. The van der Waals surface area contributed by atoms with Gasteiger partial charge in [-0.3, -0.25) is 24.2 Å². The summed E-state index contributed by atoms with van der Waals surface area (Å²) in [6.07, 6.45) is 4.98. The molecule has 1 N–H and O–H groups in total. The normalized spacial score (nSPS) is 18.5. The second kappa shape index (κ2) is 10.3. The maximum absolute atomic E-state index is 14.7. The van der Waals surface area contributed by atoms with Crippen LogP contribution in [0.25, 0.3) is 11.3 Å². The molecule has 3 aromatic heterocycles. The van der Waals surface area contributed by atoms with Gasteiger partial charge in [-0.15, -0.1) is 0 Å². The second-order valence-electron chi connectivity index (χ2n) is 10.2. The van der Waals surface area contributed by atoms with Gasteiger partial charge in [0.15, 0.2) is 5.82 Å². The highest BCUT2D eigenvalue weighted by molar-refractivity contribution is 6.31. The van der Waals surface area contributed by atoms with Crippen LogP contribution in [0.15, 0.2) is 49.2 Å². The minimum Gasteiger partial charge on any atom is -0.318 e. The number of piperidine rings is 1. The van der Waals surface area contributed by atoms with E-state index in [2.05, 4.69) is 25.4 Å². The van der Waals surface area contributed by atoms with Gasteiger partial charge in [0.05, 0.1) is 41.0 Å². The van der Waals surface area contributed by atoms with E-state index in [-0.39, 0.29) is 34.3 Å². The fourth-order valence-corrected chi connectivity index (χ4v) is 5.29. The van der Waals surface area contributed by atoms with Crippen molar-refractivity contribution in [1.29, 1.82) is 0 Å². The fourth-order valence-electron chi connectivity index (χ4n) is 5.13. The third kappa shape index (κ3) is 4.92. The third-order valence-electron chi connectivity index (χ3n) is 7.47. The number of aryl methyl sites for hydroxylation is 1. The van der Waals surface area contributed by atoms with Crippen molar-refractivity contribution in [1.82, 2.24) is 24.7 Å². The number of anilines is 2. The van der Waals surface area contributed by atoms with Crippen LogP contribution in [0.1, 0.15) is 53.0 Å². The number of alkyl halides is 2. The number of benzene rings is 1. The largest absolute Gasteiger partial charge is 0.318 e. The molecule has 13 heteroatoms. The number of amides is 2. The van der Waals surface area contributed by atoms with E-state index in [4.69, 9.17) is 11.6 Å². The van der Waals surface area contributed by atoms with Gasteiger partial charge in [-0.2, -0.15) is 5.10 Å². The van der Waals surface area contributed by atoms with E-state index in [0.29, 0.717) is 24.0 Å². The molecule has 2 fully saturated rings. The number of nitrogens with zero attached hydrogens (tertiary/aromatic N) is 6. The fraction of sp³-hybridized carbons (Fsp3) is 0.286. The lowest BCUT2D eigenvalue weighted by atomic mass is 10.0. The Balaban J connectivity index is 1.18. The summed E-state index contributed by atoms with van der Waals surface area (Å²) < 4.78 is 43.4. The zero-order valence-corrected chi connectivity index (χ0v) is 22.6. The Kier molecular flexibility index (Phi) is 6.72. The maximum atomic E-state index is 14.7. The van der Waals surface area contributed by atoms with Gasteiger partial charge in [-0.1, -0.05) is 17.7 Å². The molecule has 4 heterocycles. The van der Waals surface area contributed by atoms with E-state index in [1.807, 2.05) is 19.9 Å². The van der Waals surface area contributed by atoms with Crippen LogP contribution in [-0.4, -0.2) is 43.1 Å². The monoisotopic (exact) mass is 581 g/mol.